The van der Waals surface area contributed by atoms with Crippen LogP contribution in [0.5, 0.6) is 0 Å². The Hall–Kier alpha value is -1.14. The highest BCUT2D eigenvalue weighted by atomic mass is 32.2. The fraction of sp³-hybridized carbons (Fsp3) is 0.533. The molecule has 2 unspecified atom stereocenters. The molecule has 0 amide bonds. The number of aromatic nitrogens is 1. The summed E-state index contributed by atoms with van der Waals surface area (Å²) in [4.78, 5) is 26.8. The quantitative estimate of drug-likeness (QED) is 0.608. The van der Waals surface area contributed by atoms with Gasteiger partial charge in [0, 0.05) is 23.5 Å². The predicted molar refractivity (Wildman–Crippen MR) is 85.1 cm³/mol. The van der Waals surface area contributed by atoms with Crippen molar-refractivity contribution in [2.75, 3.05) is 5.75 Å². The summed E-state index contributed by atoms with van der Waals surface area (Å²) in [6.07, 6.45) is 7.73. The van der Waals surface area contributed by atoms with E-state index >= 15 is 0 Å². The second kappa shape index (κ2) is 7.75. The number of carboxylic acid groups (broad SMARTS) is 1. The topological polar surface area (TPSA) is 67.3 Å². The van der Waals surface area contributed by atoms with E-state index < -0.39 is 5.97 Å². The maximum absolute atomic E-state index is 12.0. The van der Waals surface area contributed by atoms with Gasteiger partial charge in [-0.15, -0.1) is 11.3 Å². The molecule has 1 aliphatic carbocycles. The summed E-state index contributed by atoms with van der Waals surface area (Å²) >= 11 is 2.90. The number of hydrogen-bond donors (Lipinski definition) is 1. The molecular weight excluding hydrogens is 306 g/mol. The van der Waals surface area contributed by atoms with E-state index in [0.29, 0.717) is 18.1 Å². The Morgan fingerprint density at radius 2 is 2.43 bits per heavy atom. The van der Waals surface area contributed by atoms with Crippen LogP contribution in [0.3, 0.4) is 0 Å². The highest BCUT2D eigenvalue weighted by molar-refractivity contribution is 8.01. The maximum Gasteiger partial charge on any atom is 0.355 e. The number of nitrogens with zero attached hydrogens (tertiary/aromatic N) is 1. The average Bonchev–Trinajstić information content (AvgIpc) is 3.05. The van der Waals surface area contributed by atoms with Crippen molar-refractivity contribution in [1.29, 1.82) is 0 Å². The second-order valence-corrected chi connectivity index (χ2v) is 7.32. The third-order valence-electron chi connectivity index (χ3n) is 3.78. The molecule has 1 heterocycles. The summed E-state index contributed by atoms with van der Waals surface area (Å²) in [6.45, 7) is 2.00. The van der Waals surface area contributed by atoms with E-state index in [4.69, 9.17) is 5.11 Å². The van der Waals surface area contributed by atoms with Gasteiger partial charge in [0.25, 0.3) is 0 Å². The van der Waals surface area contributed by atoms with E-state index in [0.717, 1.165) is 29.4 Å². The van der Waals surface area contributed by atoms with Gasteiger partial charge in [0.2, 0.25) is 0 Å². The first kappa shape index (κ1) is 16.2. The summed E-state index contributed by atoms with van der Waals surface area (Å²) in [5, 5.41) is 10.4. The van der Waals surface area contributed by atoms with Gasteiger partial charge in [-0.2, -0.15) is 0 Å². The van der Waals surface area contributed by atoms with Crippen LogP contribution in [0.4, 0.5) is 0 Å². The number of thiazole rings is 1. The Kier molecular flexibility index (Phi) is 5.99. The summed E-state index contributed by atoms with van der Waals surface area (Å²) in [6, 6.07) is 0. The smallest absolute Gasteiger partial charge is 0.355 e. The third kappa shape index (κ3) is 4.41. The van der Waals surface area contributed by atoms with Crippen LogP contribution in [0.2, 0.25) is 0 Å². The van der Waals surface area contributed by atoms with Gasteiger partial charge < -0.3 is 5.11 Å². The van der Waals surface area contributed by atoms with Crippen molar-refractivity contribution in [3.05, 3.63) is 23.2 Å². The number of carboxylic acids is 1. The van der Waals surface area contributed by atoms with E-state index in [-0.39, 0.29) is 11.6 Å². The van der Waals surface area contributed by atoms with E-state index in [9.17, 15) is 9.59 Å². The molecule has 6 heteroatoms. The SMILES string of the molecule is C/C=C/CC1CCC(=O)C1CCSc1nc(C(=O)O)cs1. The van der Waals surface area contributed by atoms with Gasteiger partial charge in [0.1, 0.15) is 5.78 Å². The molecule has 2 rings (SSSR count). The molecule has 0 saturated heterocycles. The molecule has 0 aliphatic heterocycles. The van der Waals surface area contributed by atoms with Gasteiger partial charge in [-0.25, -0.2) is 9.78 Å². The minimum Gasteiger partial charge on any atom is -0.476 e. The van der Waals surface area contributed by atoms with Crippen molar-refractivity contribution in [1.82, 2.24) is 4.98 Å². The van der Waals surface area contributed by atoms with Crippen molar-refractivity contribution < 1.29 is 14.7 Å². The predicted octanol–water partition coefficient (Wildman–Crippen LogP) is 3.89. The number of ketones is 1. The normalized spacial score (nSPS) is 22.2. The molecule has 0 aromatic carbocycles. The summed E-state index contributed by atoms with van der Waals surface area (Å²) in [5.41, 5.74) is 0.102. The summed E-state index contributed by atoms with van der Waals surface area (Å²) in [5.74, 6) is 0.841. The molecule has 4 nitrogen and oxygen atoms in total. The molecule has 0 bridgehead atoms. The zero-order valence-corrected chi connectivity index (χ0v) is 13.6. The molecule has 1 saturated carbocycles. The van der Waals surface area contributed by atoms with Crippen LogP contribution < -0.4 is 0 Å². The van der Waals surface area contributed by atoms with Crippen LogP contribution in [-0.2, 0) is 4.79 Å². The highest BCUT2D eigenvalue weighted by Crippen LogP contribution is 2.36. The number of thioether (sulfide) groups is 1. The Bertz CT molecular complexity index is 539. The Morgan fingerprint density at radius 3 is 3.10 bits per heavy atom. The van der Waals surface area contributed by atoms with Crippen molar-refractivity contribution in [3.8, 4) is 0 Å². The van der Waals surface area contributed by atoms with Gasteiger partial charge >= 0.3 is 5.97 Å². The summed E-state index contributed by atoms with van der Waals surface area (Å²) < 4.78 is 0.767. The van der Waals surface area contributed by atoms with E-state index in [2.05, 4.69) is 11.1 Å². The second-order valence-electron chi connectivity index (χ2n) is 5.12. The number of hydrogen-bond acceptors (Lipinski definition) is 5. The lowest BCUT2D eigenvalue weighted by Gasteiger charge is -2.16. The first-order valence-electron chi connectivity index (χ1n) is 7.07. The van der Waals surface area contributed by atoms with E-state index in [1.54, 1.807) is 17.1 Å². The molecule has 0 spiro atoms. The lowest BCUT2D eigenvalue weighted by Crippen LogP contribution is -2.15. The molecule has 1 aromatic rings. The number of allylic oxidation sites excluding steroid dienone is 2. The highest BCUT2D eigenvalue weighted by Gasteiger charge is 2.33. The zero-order valence-electron chi connectivity index (χ0n) is 11.9. The molecule has 0 radical (unpaired) electrons. The average molecular weight is 325 g/mol. The molecule has 1 aliphatic rings. The largest absolute Gasteiger partial charge is 0.476 e. The van der Waals surface area contributed by atoms with Crippen LogP contribution in [0, 0.1) is 11.8 Å². The molecule has 21 heavy (non-hydrogen) atoms. The minimum atomic E-state index is -0.990. The Labute approximate surface area is 132 Å². The fourth-order valence-electron chi connectivity index (χ4n) is 2.66. The number of aromatic carboxylic acids is 1. The molecule has 114 valence electrons. The molecule has 1 aromatic heterocycles. The van der Waals surface area contributed by atoms with Crippen LogP contribution in [0.1, 0.15) is 43.1 Å². The maximum atomic E-state index is 12.0. The molecular formula is C15H19NO3S2. The minimum absolute atomic E-state index is 0.102. The standard InChI is InChI=1S/C15H19NO3S2/c1-2-3-4-10-5-6-13(17)11(10)7-8-20-15-16-12(9-21-15)14(18)19/h2-3,9-11H,4-8H2,1H3,(H,18,19)/b3-2+. The number of carbonyl (C=O) groups is 2. The van der Waals surface area contributed by atoms with Gasteiger partial charge in [-0.1, -0.05) is 23.9 Å². The third-order valence-corrected chi connectivity index (χ3v) is 5.83. The Balaban J connectivity index is 1.83. The van der Waals surface area contributed by atoms with Crippen LogP contribution in [0.15, 0.2) is 21.9 Å². The van der Waals surface area contributed by atoms with Crippen LogP contribution >= 0.6 is 23.1 Å². The molecule has 1 N–H and O–H groups in total. The Morgan fingerprint density at radius 1 is 1.62 bits per heavy atom. The van der Waals surface area contributed by atoms with E-state index in [1.807, 2.05) is 13.0 Å². The summed E-state index contributed by atoms with van der Waals surface area (Å²) in [7, 11) is 0. The zero-order chi connectivity index (χ0) is 15.2. The molecule has 2 atom stereocenters. The van der Waals surface area contributed by atoms with Crippen molar-refractivity contribution in [3.63, 3.8) is 0 Å². The van der Waals surface area contributed by atoms with Crippen LogP contribution in [-0.4, -0.2) is 27.6 Å². The van der Waals surface area contributed by atoms with E-state index in [1.165, 1.54) is 11.3 Å². The first-order valence-corrected chi connectivity index (χ1v) is 8.93. The number of Topliss-reactive ketones (excluding diaryl/α,β-unsaturated/α-hetero) is 1. The molecule has 1 fully saturated rings. The van der Waals surface area contributed by atoms with Gasteiger partial charge in [-0.05, 0) is 32.1 Å². The fourth-order valence-corrected chi connectivity index (χ4v) is 4.55. The number of rotatable bonds is 7. The van der Waals surface area contributed by atoms with Gasteiger partial charge in [0.05, 0.1) is 0 Å². The van der Waals surface area contributed by atoms with Crippen LogP contribution in [0.25, 0.3) is 0 Å². The van der Waals surface area contributed by atoms with Crippen molar-refractivity contribution in [2.45, 2.75) is 36.9 Å². The van der Waals surface area contributed by atoms with Gasteiger partial charge in [0.15, 0.2) is 10.0 Å². The monoisotopic (exact) mass is 325 g/mol. The van der Waals surface area contributed by atoms with Crippen molar-refractivity contribution >= 4 is 34.9 Å². The lowest BCUT2D eigenvalue weighted by atomic mass is 9.90. The first-order chi connectivity index (χ1) is 10.1. The lowest BCUT2D eigenvalue weighted by molar-refractivity contribution is -0.121. The van der Waals surface area contributed by atoms with Gasteiger partial charge in [-0.3, -0.25) is 4.79 Å². The van der Waals surface area contributed by atoms with Crippen molar-refractivity contribution in [2.24, 2.45) is 11.8 Å². The number of carbonyl (C=O) groups excluding carboxylic acids is 1.